The van der Waals surface area contributed by atoms with Gasteiger partial charge in [0.15, 0.2) is 0 Å². The summed E-state index contributed by atoms with van der Waals surface area (Å²) in [6.45, 7) is 4.69. The second-order valence-corrected chi connectivity index (χ2v) is 4.49. The third-order valence-corrected chi connectivity index (χ3v) is 3.39. The van der Waals surface area contributed by atoms with Crippen LogP contribution in [0.3, 0.4) is 0 Å². The van der Waals surface area contributed by atoms with Crippen LogP contribution in [0.1, 0.15) is 26.2 Å². The van der Waals surface area contributed by atoms with E-state index in [9.17, 15) is 0 Å². The summed E-state index contributed by atoms with van der Waals surface area (Å²) in [5.41, 5.74) is 0. The molecule has 3 aliphatic rings. The Hall–Kier alpha value is 0.0500. The summed E-state index contributed by atoms with van der Waals surface area (Å²) in [6, 6.07) is 0.650. The Kier molecular flexibility index (Phi) is 1.98. The molecule has 0 aliphatic carbocycles. The lowest BCUT2D eigenvalue weighted by Crippen LogP contribution is -2.51. The summed E-state index contributed by atoms with van der Waals surface area (Å²) >= 11 is 5.24. The van der Waals surface area contributed by atoms with Crippen molar-refractivity contribution in [3.05, 3.63) is 0 Å². The molecule has 0 unspecified atom stereocenters. The highest BCUT2D eigenvalue weighted by Crippen LogP contribution is 2.32. The zero-order chi connectivity index (χ0) is 7.84. The smallest absolute Gasteiger partial charge is 0.0410 e. The molecule has 3 heterocycles. The van der Waals surface area contributed by atoms with E-state index in [1.165, 1.54) is 37.2 Å². The minimum atomic E-state index is 0.650. The van der Waals surface area contributed by atoms with E-state index in [4.69, 9.17) is 12.2 Å². The quantitative estimate of drug-likeness (QED) is 0.551. The van der Waals surface area contributed by atoms with Crippen molar-refractivity contribution in [3.63, 3.8) is 0 Å². The first kappa shape index (κ1) is 7.69. The Morgan fingerprint density at radius 3 is 2.27 bits per heavy atom. The van der Waals surface area contributed by atoms with Gasteiger partial charge < -0.3 is 0 Å². The van der Waals surface area contributed by atoms with Crippen molar-refractivity contribution in [3.8, 4) is 0 Å². The van der Waals surface area contributed by atoms with Crippen LogP contribution < -0.4 is 0 Å². The second kappa shape index (κ2) is 2.83. The van der Waals surface area contributed by atoms with Crippen LogP contribution >= 0.6 is 12.2 Å². The van der Waals surface area contributed by atoms with Gasteiger partial charge in [-0.05, 0) is 45.2 Å². The van der Waals surface area contributed by atoms with Crippen molar-refractivity contribution < 1.29 is 0 Å². The predicted molar refractivity (Wildman–Crippen MR) is 51.0 cm³/mol. The van der Waals surface area contributed by atoms with Gasteiger partial charge >= 0.3 is 0 Å². The van der Waals surface area contributed by atoms with Gasteiger partial charge in [0.05, 0.1) is 0 Å². The molecule has 3 rings (SSSR count). The minimum absolute atomic E-state index is 0.650. The fourth-order valence-corrected chi connectivity index (χ4v) is 2.63. The molecule has 0 amide bonds. The van der Waals surface area contributed by atoms with Crippen molar-refractivity contribution in [1.29, 1.82) is 0 Å². The number of piperidine rings is 3. The molecular weight excluding hydrogens is 154 g/mol. The van der Waals surface area contributed by atoms with E-state index in [1.807, 2.05) is 0 Å². The van der Waals surface area contributed by atoms with Crippen molar-refractivity contribution in [2.45, 2.75) is 32.2 Å². The van der Waals surface area contributed by atoms with Crippen molar-refractivity contribution in [2.75, 3.05) is 13.1 Å². The summed E-state index contributed by atoms with van der Waals surface area (Å²) < 4.78 is 0. The molecule has 2 bridgehead atoms. The molecule has 3 aliphatic heterocycles. The Labute approximate surface area is 73.8 Å². The van der Waals surface area contributed by atoms with E-state index in [0.29, 0.717) is 6.04 Å². The lowest BCUT2D eigenvalue weighted by molar-refractivity contribution is 0.0837. The average molecular weight is 169 g/mol. The maximum absolute atomic E-state index is 5.24. The topological polar surface area (TPSA) is 3.24 Å². The van der Waals surface area contributed by atoms with Crippen molar-refractivity contribution >= 4 is 17.1 Å². The molecule has 62 valence electrons. The molecule has 0 aromatic heterocycles. The molecule has 0 saturated carbocycles. The summed E-state index contributed by atoms with van der Waals surface area (Å²) in [7, 11) is 0. The zero-order valence-corrected chi connectivity index (χ0v) is 7.86. The summed E-state index contributed by atoms with van der Waals surface area (Å²) in [5.74, 6) is 0.989. The first-order chi connectivity index (χ1) is 5.27. The molecule has 0 radical (unpaired) electrons. The van der Waals surface area contributed by atoms with Gasteiger partial charge in [0.2, 0.25) is 0 Å². The maximum Gasteiger partial charge on any atom is 0.0410 e. The van der Waals surface area contributed by atoms with Crippen LogP contribution in [-0.2, 0) is 0 Å². The van der Waals surface area contributed by atoms with E-state index < -0.39 is 0 Å². The van der Waals surface area contributed by atoms with Gasteiger partial charge in [-0.3, -0.25) is 4.90 Å². The highest BCUT2D eigenvalue weighted by Gasteiger charge is 2.33. The van der Waals surface area contributed by atoms with Crippen LogP contribution in [0, 0.1) is 5.92 Å². The lowest BCUT2D eigenvalue weighted by atomic mass is 9.82. The summed E-state index contributed by atoms with van der Waals surface area (Å²) in [4.78, 5) is 3.76. The molecule has 2 heteroatoms. The normalized spacial score (nSPS) is 42.5. The molecule has 0 spiro atoms. The second-order valence-electron chi connectivity index (χ2n) is 3.84. The molecule has 11 heavy (non-hydrogen) atoms. The van der Waals surface area contributed by atoms with Gasteiger partial charge in [-0.15, -0.1) is 0 Å². The highest BCUT2D eigenvalue weighted by molar-refractivity contribution is 7.80. The van der Waals surface area contributed by atoms with Crippen molar-refractivity contribution in [1.82, 2.24) is 4.90 Å². The number of nitrogens with zero attached hydrogens (tertiary/aromatic N) is 1. The van der Waals surface area contributed by atoms with E-state index in [-0.39, 0.29) is 0 Å². The van der Waals surface area contributed by atoms with E-state index in [2.05, 4.69) is 11.8 Å². The molecule has 3 saturated heterocycles. The number of thiocarbonyl (C=S) groups is 1. The number of hydrogen-bond donors (Lipinski definition) is 0. The standard InChI is InChI=1S/C9H15NS/c1-7(11)9-6-8-2-4-10(9)5-3-8/h8-9H,2-6H2,1H3/t9-/m0/s1. The van der Waals surface area contributed by atoms with Crippen LogP contribution in [0.15, 0.2) is 0 Å². The SMILES string of the molecule is CC(=S)[C@@H]1CC2CCN1CC2. The molecule has 0 N–H and O–H groups in total. The van der Waals surface area contributed by atoms with Gasteiger partial charge in [-0.2, -0.15) is 0 Å². The van der Waals surface area contributed by atoms with Gasteiger partial charge in [0.25, 0.3) is 0 Å². The third-order valence-electron chi connectivity index (χ3n) is 3.12. The molecule has 0 aromatic carbocycles. The van der Waals surface area contributed by atoms with Gasteiger partial charge in [0, 0.05) is 10.9 Å². The van der Waals surface area contributed by atoms with Crippen LogP contribution in [0.2, 0.25) is 0 Å². The fraction of sp³-hybridized carbons (Fsp3) is 0.889. The number of fused-ring (bicyclic) bond motifs is 3. The van der Waals surface area contributed by atoms with Crippen LogP contribution in [-0.4, -0.2) is 28.9 Å². The van der Waals surface area contributed by atoms with Crippen LogP contribution in [0.5, 0.6) is 0 Å². The van der Waals surface area contributed by atoms with Crippen molar-refractivity contribution in [2.24, 2.45) is 5.92 Å². The average Bonchev–Trinajstić information content (AvgIpc) is 2.06. The van der Waals surface area contributed by atoms with Crippen LogP contribution in [0.4, 0.5) is 0 Å². The van der Waals surface area contributed by atoms with Gasteiger partial charge in [-0.1, -0.05) is 12.2 Å². The Morgan fingerprint density at radius 1 is 1.36 bits per heavy atom. The first-order valence-electron chi connectivity index (χ1n) is 4.52. The Morgan fingerprint density at radius 2 is 2.00 bits per heavy atom. The molecular formula is C9H15NS. The number of hydrogen-bond acceptors (Lipinski definition) is 2. The third kappa shape index (κ3) is 1.34. The highest BCUT2D eigenvalue weighted by atomic mass is 32.1. The van der Waals surface area contributed by atoms with Gasteiger partial charge in [-0.25, -0.2) is 0 Å². The Balaban J connectivity index is 2.08. The maximum atomic E-state index is 5.24. The summed E-state index contributed by atoms with van der Waals surface area (Å²) in [5, 5.41) is 0. The fourth-order valence-electron chi connectivity index (χ4n) is 2.39. The molecule has 0 aromatic rings. The lowest BCUT2D eigenvalue weighted by Gasteiger charge is -2.45. The number of rotatable bonds is 1. The predicted octanol–water partition coefficient (Wildman–Crippen LogP) is 1.86. The van der Waals surface area contributed by atoms with Crippen LogP contribution in [0.25, 0.3) is 0 Å². The molecule has 3 fully saturated rings. The van der Waals surface area contributed by atoms with Gasteiger partial charge in [0.1, 0.15) is 0 Å². The largest absolute Gasteiger partial charge is 0.296 e. The Bertz CT molecular complexity index is 170. The molecule has 1 nitrogen and oxygen atoms in total. The van der Waals surface area contributed by atoms with E-state index >= 15 is 0 Å². The summed E-state index contributed by atoms with van der Waals surface area (Å²) in [6.07, 6.45) is 4.17. The van der Waals surface area contributed by atoms with E-state index in [1.54, 1.807) is 0 Å². The zero-order valence-electron chi connectivity index (χ0n) is 7.05. The first-order valence-corrected chi connectivity index (χ1v) is 4.92. The molecule has 1 atom stereocenters. The van der Waals surface area contributed by atoms with E-state index in [0.717, 1.165) is 5.92 Å². The minimum Gasteiger partial charge on any atom is -0.296 e. The monoisotopic (exact) mass is 169 g/mol.